The van der Waals surface area contributed by atoms with Gasteiger partial charge in [0.25, 0.3) is 0 Å². The van der Waals surface area contributed by atoms with Gasteiger partial charge in [-0.1, -0.05) is 0 Å². The van der Waals surface area contributed by atoms with Crippen molar-refractivity contribution in [1.82, 2.24) is 5.32 Å². The van der Waals surface area contributed by atoms with Gasteiger partial charge in [-0.3, -0.25) is 4.57 Å². The van der Waals surface area contributed by atoms with Gasteiger partial charge in [-0.15, -0.1) is 0 Å². The molecule has 0 radical (unpaired) electrons. The van der Waals surface area contributed by atoms with Crippen LogP contribution in [0.4, 0.5) is 0 Å². The zero-order chi connectivity index (χ0) is 11.4. The lowest BCUT2D eigenvalue weighted by Crippen LogP contribution is -2.27. The third-order valence-corrected chi connectivity index (χ3v) is 5.06. The van der Waals surface area contributed by atoms with Gasteiger partial charge in [-0.05, 0) is 26.4 Å². The molecule has 1 unspecified atom stereocenters. The van der Waals surface area contributed by atoms with Crippen molar-refractivity contribution in [2.45, 2.75) is 17.9 Å². The molecule has 0 bridgehead atoms. The highest BCUT2D eigenvalue weighted by molar-refractivity contribution is 7.69. The van der Waals surface area contributed by atoms with E-state index in [-0.39, 0.29) is 12.8 Å². The van der Waals surface area contributed by atoms with Crippen LogP contribution in [0.5, 0.6) is 0 Å². The zero-order valence-electron chi connectivity index (χ0n) is 7.66. The van der Waals surface area contributed by atoms with Crippen LogP contribution in [-0.2, 0) is 4.57 Å². The Hall–Kier alpha value is 0.420. The maximum Gasteiger partial charge on any atom is 0.366 e. The fourth-order valence-electron chi connectivity index (χ4n) is 0.864. The van der Waals surface area contributed by atoms with Crippen molar-refractivity contribution in [3.8, 4) is 0 Å². The molecule has 0 spiro atoms. The van der Waals surface area contributed by atoms with Crippen LogP contribution in [0.1, 0.15) is 12.8 Å². The molecule has 0 heterocycles. The van der Waals surface area contributed by atoms with Crippen molar-refractivity contribution in [3.05, 3.63) is 0 Å². The van der Waals surface area contributed by atoms with E-state index in [1.54, 1.807) is 7.05 Å². The third kappa shape index (κ3) is 3.53. The summed E-state index contributed by atoms with van der Waals surface area (Å²) in [5, 5.41) is 9.39. The van der Waals surface area contributed by atoms with Crippen LogP contribution in [0, 0.1) is 0 Å². The van der Waals surface area contributed by atoms with Gasteiger partial charge in [0.15, 0.2) is 0 Å². The Morgan fingerprint density at radius 1 is 1.43 bits per heavy atom. The minimum atomic E-state index is -4.93. The van der Waals surface area contributed by atoms with Crippen molar-refractivity contribution >= 4 is 16.0 Å². The maximum absolute atomic E-state index is 10.8. The molecule has 0 saturated heterocycles. The van der Waals surface area contributed by atoms with Gasteiger partial charge in [0.05, 0.1) is 0 Å². The molecule has 0 saturated carbocycles. The fourth-order valence-corrected chi connectivity index (χ4v) is 2.60. The quantitative estimate of drug-likeness (QED) is 0.265. The minimum absolute atomic E-state index is 0.234. The molecule has 0 rings (SSSR count). The Morgan fingerprint density at radius 3 is 2.21 bits per heavy atom. The van der Waals surface area contributed by atoms with Crippen LogP contribution in [0.15, 0.2) is 0 Å². The lowest BCUT2D eigenvalue weighted by atomic mass is 10.3. The van der Waals surface area contributed by atoms with E-state index in [1.165, 1.54) is 0 Å². The second kappa shape index (κ2) is 5.49. The Kier molecular flexibility index (Phi) is 5.65. The largest absolute Gasteiger partial charge is 0.370 e. The Morgan fingerprint density at radius 2 is 1.93 bits per heavy atom. The highest BCUT2D eigenvalue weighted by Crippen LogP contribution is 2.64. The monoisotopic (exact) mass is 247 g/mol. The van der Waals surface area contributed by atoms with Gasteiger partial charge in [0.2, 0.25) is 13.5 Å². The van der Waals surface area contributed by atoms with E-state index in [4.69, 9.17) is 19.6 Å². The van der Waals surface area contributed by atoms with E-state index in [0.29, 0.717) is 6.54 Å². The molecule has 0 aliphatic rings. The molecular formula is C5H15NO6P2. The number of aliphatic hydroxyl groups is 1. The molecule has 0 amide bonds. The molecule has 0 aromatic rings. The molecule has 0 aromatic heterocycles. The second-order valence-corrected chi connectivity index (χ2v) is 6.31. The van der Waals surface area contributed by atoms with Gasteiger partial charge in [0, 0.05) is 0 Å². The molecule has 0 fully saturated rings. The van der Waals surface area contributed by atoms with Crippen LogP contribution >= 0.6 is 16.0 Å². The van der Waals surface area contributed by atoms with Crippen molar-refractivity contribution in [2.24, 2.45) is 0 Å². The van der Waals surface area contributed by atoms with Crippen molar-refractivity contribution < 1.29 is 29.2 Å². The first-order valence-corrected chi connectivity index (χ1v) is 6.72. The normalized spacial score (nSPS) is 17.1. The first-order valence-electron chi connectivity index (χ1n) is 3.86. The van der Waals surface area contributed by atoms with Crippen LogP contribution in [0.25, 0.3) is 0 Å². The fraction of sp³-hybridized carbons (Fsp3) is 1.00. The summed E-state index contributed by atoms with van der Waals surface area (Å²) in [5.41, 5.74) is 0. The molecule has 86 valence electrons. The predicted molar refractivity (Wildman–Crippen MR) is 51.5 cm³/mol. The minimum Gasteiger partial charge on any atom is -0.370 e. The van der Waals surface area contributed by atoms with Gasteiger partial charge in [0.1, 0.15) is 0 Å². The SMILES string of the molecule is CNCCCC(O)(P(O)O)P(=O)(O)O. The van der Waals surface area contributed by atoms with Gasteiger partial charge in [-0.2, -0.15) is 0 Å². The van der Waals surface area contributed by atoms with Gasteiger partial charge in [-0.25, -0.2) is 0 Å². The summed E-state index contributed by atoms with van der Waals surface area (Å²) < 4.78 is 10.8. The molecule has 9 heteroatoms. The van der Waals surface area contributed by atoms with E-state index >= 15 is 0 Å². The van der Waals surface area contributed by atoms with Crippen LogP contribution in [0.3, 0.4) is 0 Å². The van der Waals surface area contributed by atoms with E-state index in [2.05, 4.69) is 5.32 Å². The smallest absolute Gasteiger partial charge is 0.366 e. The number of hydrogen-bond acceptors (Lipinski definition) is 5. The molecule has 14 heavy (non-hydrogen) atoms. The average molecular weight is 247 g/mol. The summed E-state index contributed by atoms with van der Waals surface area (Å²) in [5.74, 6) is 0. The first kappa shape index (κ1) is 14.4. The van der Waals surface area contributed by atoms with Crippen LogP contribution in [-0.4, -0.2) is 43.4 Å². The standard InChI is InChI=1S/C5H15NO6P2/c1-6-4-2-3-5(7,13(8)9)14(10,11)12/h6-9H,2-4H2,1H3,(H2,10,11,12). The second-order valence-electron chi connectivity index (χ2n) is 2.81. The molecule has 0 aliphatic heterocycles. The Labute approximate surface area is 82.9 Å². The summed E-state index contributed by atoms with van der Waals surface area (Å²) in [4.78, 5) is 35.0. The number of hydrogen-bond donors (Lipinski definition) is 6. The predicted octanol–water partition coefficient (Wildman–Crippen LogP) is -0.894. The summed E-state index contributed by atoms with van der Waals surface area (Å²) in [6.45, 7) is 0.422. The molecule has 0 aromatic carbocycles. The van der Waals surface area contributed by atoms with E-state index in [0.717, 1.165) is 0 Å². The van der Waals surface area contributed by atoms with Crippen LogP contribution < -0.4 is 5.32 Å². The number of rotatable bonds is 6. The third-order valence-electron chi connectivity index (χ3n) is 1.73. The average Bonchev–Trinajstić information content (AvgIpc) is 2.02. The zero-order valence-corrected chi connectivity index (χ0v) is 9.45. The molecule has 0 aliphatic carbocycles. The van der Waals surface area contributed by atoms with E-state index in [1.807, 2.05) is 0 Å². The summed E-state index contributed by atoms with van der Waals surface area (Å²) in [6.07, 6.45) is -0.130. The molecular weight excluding hydrogens is 232 g/mol. The van der Waals surface area contributed by atoms with E-state index in [9.17, 15) is 9.67 Å². The lowest BCUT2D eigenvalue weighted by Gasteiger charge is -2.29. The van der Waals surface area contributed by atoms with Crippen molar-refractivity contribution in [1.29, 1.82) is 0 Å². The lowest BCUT2D eigenvalue weighted by molar-refractivity contribution is 0.137. The Balaban J connectivity index is 4.50. The number of nitrogens with one attached hydrogen (secondary N) is 1. The molecule has 6 N–H and O–H groups in total. The first-order chi connectivity index (χ1) is 6.25. The highest BCUT2D eigenvalue weighted by Gasteiger charge is 2.51. The summed E-state index contributed by atoms with van der Waals surface area (Å²) in [6, 6.07) is 0. The Bertz CT molecular complexity index is 218. The topological polar surface area (TPSA) is 130 Å². The van der Waals surface area contributed by atoms with Crippen molar-refractivity contribution in [2.75, 3.05) is 13.6 Å². The summed E-state index contributed by atoms with van der Waals surface area (Å²) in [7, 11) is -6.38. The molecule has 1 atom stereocenters. The van der Waals surface area contributed by atoms with Crippen LogP contribution in [0.2, 0.25) is 0 Å². The maximum atomic E-state index is 10.8. The van der Waals surface area contributed by atoms with E-state index < -0.39 is 21.1 Å². The van der Waals surface area contributed by atoms with Crippen molar-refractivity contribution in [3.63, 3.8) is 0 Å². The highest BCUT2D eigenvalue weighted by atomic mass is 31.2. The van der Waals surface area contributed by atoms with Gasteiger partial charge < -0.3 is 30.0 Å². The summed E-state index contributed by atoms with van der Waals surface area (Å²) >= 11 is 0. The van der Waals surface area contributed by atoms with Gasteiger partial charge >= 0.3 is 7.60 Å². The molecule has 7 nitrogen and oxygen atoms in total.